The standard InChI is InChI=1S/C11H19NS/c1-2-4-10(5-3-1)8-12-11-6-7-13-9-11/h1-2,10-12H,3-9H2. The summed E-state index contributed by atoms with van der Waals surface area (Å²) in [5.74, 6) is 3.61. The maximum absolute atomic E-state index is 3.70. The van der Waals surface area contributed by atoms with Crippen LogP contribution in [-0.2, 0) is 0 Å². The zero-order chi connectivity index (χ0) is 8.93. The van der Waals surface area contributed by atoms with E-state index >= 15 is 0 Å². The second kappa shape index (κ2) is 5.06. The van der Waals surface area contributed by atoms with Crippen LogP contribution in [0.25, 0.3) is 0 Å². The van der Waals surface area contributed by atoms with Crippen LogP contribution in [0.3, 0.4) is 0 Å². The van der Waals surface area contributed by atoms with E-state index in [9.17, 15) is 0 Å². The van der Waals surface area contributed by atoms with Gasteiger partial charge in [0, 0.05) is 11.8 Å². The summed E-state index contributed by atoms with van der Waals surface area (Å²) in [7, 11) is 0. The number of nitrogens with one attached hydrogen (secondary N) is 1. The van der Waals surface area contributed by atoms with Crippen molar-refractivity contribution in [3.05, 3.63) is 12.2 Å². The van der Waals surface area contributed by atoms with Crippen molar-refractivity contribution in [3.63, 3.8) is 0 Å². The fraction of sp³-hybridized carbons (Fsp3) is 0.818. The van der Waals surface area contributed by atoms with Crippen LogP contribution in [0.1, 0.15) is 25.7 Å². The van der Waals surface area contributed by atoms with E-state index in [1.807, 2.05) is 0 Å². The maximum atomic E-state index is 3.70. The van der Waals surface area contributed by atoms with E-state index in [4.69, 9.17) is 0 Å². The first-order chi connectivity index (χ1) is 6.45. The van der Waals surface area contributed by atoms with Crippen LogP contribution >= 0.6 is 11.8 Å². The molecule has 1 saturated heterocycles. The molecular formula is C11H19NS. The summed E-state index contributed by atoms with van der Waals surface area (Å²) in [6.07, 6.45) is 10.0. The van der Waals surface area contributed by atoms with E-state index in [2.05, 4.69) is 29.2 Å². The van der Waals surface area contributed by atoms with Gasteiger partial charge in [-0.15, -0.1) is 0 Å². The number of hydrogen-bond donors (Lipinski definition) is 1. The molecule has 2 heteroatoms. The molecule has 1 aliphatic heterocycles. The number of hydrogen-bond acceptors (Lipinski definition) is 2. The average Bonchev–Trinajstić information content (AvgIpc) is 2.69. The van der Waals surface area contributed by atoms with Crippen molar-refractivity contribution in [1.82, 2.24) is 5.32 Å². The third-order valence-electron chi connectivity index (χ3n) is 3.00. The Balaban J connectivity index is 1.63. The van der Waals surface area contributed by atoms with Gasteiger partial charge in [-0.3, -0.25) is 0 Å². The summed E-state index contributed by atoms with van der Waals surface area (Å²) in [5, 5.41) is 3.70. The molecule has 74 valence electrons. The lowest BCUT2D eigenvalue weighted by molar-refractivity contribution is 0.413. The molecule has 0 amide bonds. The molecule has 0 aromatic heterocycles. The molecule has 2 unspecified atom stereocenters. The van der Waals surface area contributed by atoms with E-state index in [0.29, 0.717) is 0 Å². The van der Waals surface area contributed by atoms with Gasteiger partial charge in [0.25, 0.3) is 0 Å². The van der Waals surface area contributed by atoms with E-state index in [0.717, 1.165) is 12.0 Å². The van der Waals surface area contributed by atoms with Crippen LogP contribution in [0.2, 0.25) is 0 Å². The average molecular weight is 197 g/mol. The van der Waals surface area contributed by atoms with Gasteiger partial charge in [-0.1, -0.05) is 12.2 Å². The zero-order valence-electron chi connectivity index (χ0n) is 8.17. The normalized spacial score (nSPS) is 33.8. The first-order valence-corrected chi connectivity index (χ1v) is 6.57. The van der Waals surface area contributed by atoms with Gasteiger partial charge in [0.2, 0.25) is 0 Å². The van der Waals surface area contributed by atoms with Gasteiger partial charge in [-0.25, -0.2) is 0 Å². The summed E-state index contributed by atoms with van der Waals surface area (Å²) in [6, 6.07) is 0.816. The molecule has 2 atom stereocenters. The van der Waals surface area contributed by atoms with E-state index in [1.54, 1.807) is 0 Å². The van der Waals surface area contributed by atoms with E-state index in [1.165, 1.54) is 43.7 Å². The molecule has 0 saturated carbocycles. The van der Waals surface area contributed by atoms with Gasteiger partial charge in [0.1, 0.15) is 0 Å². The minimum atomic E-state index is 0.816. The van der Waals surface area contributed by atoms with E-state index < -0.39 is 0 Å². The molecule has 1 nitrogen and oxygen atoms in total. The lowest BCUT2D eigenvalue weighted by Crippen LogP contribution is -2.33. The van der Waals surface area contributed by atoms with Crippen LogP contribution in [0.15, 0.2) is 12.2 Å². The molecule has 1 heterocycles. The summed E-state index contributed by atoms with van der Waals surface area (Å²) in [6.45, 7) is 1.25. The van der Waals surface area contributed by atoms with Crippen LogP contribution < -0.4 is 5.32 Å². The van der Waals surface area contributed by atoms with Gasteiger partial charge < -0.3 is 5.32 Å². The Morgan fingerprint density at radius 1 is 1.31 bits per heavy atom. The van der Waals surface area contributed by atoms with Crippen molar-refractivity contribution in [3.8, 4) is 0 Å². The second-order valence-corrected chi connectivity index (χ2v) is 5.27. The molecule has 2 aliphatic rings. The van der Waals surface area contributed by atoms with Gasteiger partial charge in [0.05, 0.1) is 0 Å². The molecule has 0 radical (unpaired) electrons. The van der Waals surface area contributed by atoms with Crippen molar-refractivity contribution < 1.29 is 0 Å². The fourth-order valence-corrected chi connectivity index (χ4v) is 3.26. The molecule has 0 aromatic rings. The lowest BCUT2D eigenvalue weighted by Gasteiger charge is -2.20. The largest absolute Gasteiger partial charge is 0.313 e. The minimum absolute atomic E-state index is 0.816. The third-order valence-corrected chi connectivity index (χ3v) is 4.17. The fourth-order valence-electron chi connectivity index (χ4n) is 2.07. The first-order valence-electron chi connectivity index (χ1n) is 5.41. The van der Waals surface area contributed by atoms with Crippen molar-refractivity contribution in [2.24, 2.45) is 5.92 Å². The molecule has 1 N–H and O–H groups in total. The highest BCUT2D eigenvalue weighted by molar-refractivity contribution is 7.99. The van der Waals surface area contributed by atoms with Crippen LogP contribution in [0.5, 0.6) is 0 Å². The minimum Gasteiger partial charge on any atom is -0.313 e. The van der Waals surface area contributed by atoms with Crippen LogP contribution in [0, 0.1) is 5.92 Å². The van der Waals surface area contributed by atoms with Gasteiger partial charge in [-0.05, 0) is 43.9 Å². The van der Waals surface area contributed by atoms with Crippen molar-refractivity contribution in [1.29, 1.82) is 0 Å². The quantitative estimate of drug-likeness (QED) is 0.697. The van der Waals surface area contributed by atoms with Crippen molar-refractivity contribution >= 4 is 11.8 Å². The highest BCUT2D eigenvalue weighted by Crippen LogP contribution is 2.20. The van der Waals surface area contributed by atoms with Crippen molar-refractivity contribution in [2.75, 3.05) is 18.1 Å². The first kappa shape index (κ1) is 9.60. The number of rotatable bonds is 3. The van der Waals surface area contributed by atoms with Crippen LogP contribution in [0.4, 0.5) is 0 Å². The molecule has 2 rings (SSSR count). The maximum Gasteiger partial charge on any atom is 0.0166 e. The molecule has 0 spiro atoms. The molecule has 0 bridgehead atoms. The Hall–Kier alpha value is 0.0500. The second-order valence-electron chi connectivity index (χ2n) is 4.12. The zero-order valence-corrected chi connectivity index (χ0v) is 8.98. The Morgan fingerprint density at radius 2 is 2.31 bits per heavy atom. The van der Waals surface area contributed by atoms with Gasteiger partial charge in [-0.2, -0.15) is 11.8 Å². The number of allylic oxidation sites excluding steroid dienone is 2. The van der Waals surface area contributed by atoms with E-state index in [-0.39, 0.29) is 0 Å². The Kier molecular flexibility index (Phi) is 3.74. The predicted molar refractivity (Wildman–Crippen MR) is 60.2 cm³/mol. The highest BCUT2D eigenvalue weighted by atomic mass is 32.2. The topological polar surface area (TPSA) is 12.0 Å². The van der Waals surface area contributed by atoms with Gasteiger partial charge >= 0.3 is 0 Å². The Morgan fingerprint density at radius 3 is 3.00 bits per heavy atom. The Bertz CT molecular complexity index is 173. The molecule has 1 aliphatic carbocycles. The summed E-state index contributed by atoms with van der Waals surface area (Å²) in [4.78, 5) is 0. The third kappa shape index (κ3) is 3.03. The Labute approximate surface area is 85.4 Å². The SMILES string of the molecule is C1=CCC(CNC2CCSC2)CC1. The monoisotopic (exact) mass is 197 g/mol. The summed E-state index contributed by atoms with van der Waals surface area (Å²) in [5.41, 5.74) is 0. The summed E-state index contributed by atoms with van der Waals surface area (Å²) >= 11 is 2.09. The molecule has 1 fully saturated rings. The lowest BCUT2D eigenvalue weighted by atomic mass is 9.94. The van der Waals surface area contributed by atoms with Gasteiger partial charge in [0.15, 0.2) is 0 Å². The smallest absolute Gasteiger partial charge is 0.0166 e. The summed E-state index contributed by atoms with van der Waals surface area (Å²) < 4.78 is 0. The molecular weight excluding hydrogens is 178 g/mol. The number of thioether (sulfide) groups is 1. The predicted octanol–water partition coefficient (Wildman–Crippen LogP) is 2.44. The van der Waals surface area contributed by atoms with Crippen molar-refractivity contribution in [2.45, 2.75) is 31.7 Å². The van der Waals surface area contributed by atoms with Crippen LogP contribution in [-0.4, -0.2) is 24.1 Å². The molecule has 13 heavy (non-hydrogen) atoms. The highest BCUT2D eigenvalue weighted by Gasteiger charge is 2.16. The molecule has 0 aromatic carbocycles.